The molecule has 1 aliphatic rings. The first-order valence-corrected chi connectivity index (χ1v) is 9.01. The van der Waals surface area contributed by atoms with Crippen LogP contribution >= 0.6 is 0 Å². The Hall–Kier alpha value is -1.65. The number of nitrogens with zero attached hydrogens (tertiary/aromatic N) is 1. The number of rotatable bonds is 8. The van der Waals surface area contributed by atoms with E-state index < -0.39 is 0 Å². The van der Waals surface area contributed by atoms with Gasteiger partial charge in [0.1, 0.15) is 0 Å². The summed E-state index contributed by atoms with van der Waals surface area (Å²) >= 11 is 0. The Kier molecular flexibility index (Phi) is 7.99. The Morgan fingerprint density at radius 3 is 2.58 bits per heavy atom. The zero-order valence-electron chi connectivity index (χ0n) is 15.0. The van der Waals surface area contributed by atoms with Gasteiger partial charge in [-0.05, 0) is 42.5 Å². The van der Waals surface area contributed by atoms with E-state index in [1.165, 1.54) is 5.56 Å². The van der Waals surface area contributed by atoms with E-state index in [2.05, 4.69) is 48.3 Å². The largest absolute Gasteiger partial charge is 0.379 e. The van der Waals surface area contributed by atoms with Crippen molar-refractivity contribution in [3.63, 3.8) is 0 Å². The van der Waals surface area contributed by atoms with Crippen LogP contribution in [0.4, 0.5) is 0 Å². The Morgan fingerprint density at radius 1 is 1.21 bits per heavy atom. The summed E-state index contributed by atoms with van der Waals surface area (Å²) in [5.41, 5.74) is 2.37. The maximum Gasteiger partial charge on any atom is 0.243 e. The summed E-state index contributed by atoms with van der Waals surface area (Å²) in [6.07, 6.45) is 5.61. The monoisotopic (exact) mass is 330 g/mol. The molecule has 1 saturated heterocycles. The van der Waals surface area contributed by atoms with Gasteiger partial charge in [-0.25, -0.2) is 0 Å². The summed E-state index contributed by atoms with van der Waals surface area (Å²) < 4.78 is 5.33. The van der Waals surface area contributed by atoms with Gasteiger partial charge in [-0.3, -0.25) is 9.69 Å². The second-order valence-electron chi connectivity index (χ2n) is 6.61. The van der Waals surface area contributed by atoms with Crippen molar-refractivity contribution in [1.82, 2.24) is 10.2 Å². The third-order valence-electron chi connectivity index (χ3n) is 4.33. The van der Waals surface area contributed by atoms with Crippen LogP contribution in [-0.4, -0.2) is 50.2 Å². The highest BCUT2D eigenvalue weighted by Crippen LogP contribution is 2.15. The first-order chi connectivity index (χ1) is 11.6. The van der Waals surface area contributed by atoms with E-state index in [1.54, 1.807) is 6.08 Å². The second-order valence-corrected chi connectivity index (χ2v) is 6.61. The molecule has 0 bridgehead atoms. The molecule has 0 aromatic heterocycles. The minimum absolute atomic E-state index is 0.0192. The van der Waals surface area contributed by atoms with Crippen molar-refractivity contribution >= 4 is 12.0 Å². The molecule has 0 atom stereocenters. The fourth-order valence-electron chi connectivity index (χ4n) is 2.72. The molecule has 0 unspecified atom stereocenters. The number of amides is 1. The molecule has 0 saturated carbocycles. The highest BCUT2D eigenvalue weighted by Gasteiger charge is 2.08. The minimum atomic E-state index is -0.0192. The Balaban J connectivity index is 1.60. The highest BCUT2D eigenvalue weighted by atomic mass is 16.5. The van der Waals surface area contributed by atoms with Crippen LogP contribution in [0.5, 0.6) is 0 Å². The minimum Gasteiger partial charge on any atom is -0.379 e. The van der Waals surface area contributed by atoms with Gasteiger partial charge < -0.3 is 10.1 Å². The zero-order valence-corrected chi connectivity index (χ0v) is 15.0. The third kappa shape index (κ3) is 6.85. The standard InChI is InChI=1S/C20H30N2O2/c1-17(2)19-8-5-18(6-9-19)7-10-20(23)21-11-3-4-12-22-13-15-24-16-14-22/h5-10,17H,3-4,11-16H2,1-2H3,(H,21,23)/b10-7+. The van der Waals surface area contributed by atoms with Gasteiger partial charge >= 0.3 is 0 Å². The van der Waals surface area contributed by atoms with E-state index >= 15 is 0 Å². The van der Waals surface area contributed by atoms with Gasteiger partial charge in [0.15, 0.2) is 0 Å². The van der Waals surface area contributed by atoms with Crippen LogP contribution in [0.1, 0.15) is 43.7 Å². The molecule has 24 heavy (non-hydrogen) atoms. The van der Waals surface area contributed by atoms with Crippen LogP contribution < -0.4 is 5.32 Å². The van der Waals surface area contributed by atoms with Crippen molar-refractivity contribution in [1.29, 1.82) is 0 Å². The predicted octanol–water partition coefficient (Wildman–Crippen LogP) is 3.05. The van der Waals surface area contributed by atoms with Crippen LogP contribution in [0.2, 0.25) is 0 Å². The van der Waals surface area contributed by atoms with Crippen molar-refractivity contribution in [3.8, 4) is 0 Å². The van der Waals surface area contributed by atoms with Crippen molar-refractivity contribution < 1.29 is 9.53 Å². The molecule has 0 spiro atoms. The lowest BCUT2D eigenvalue weighted by atomic mass is 10.0. The summed E-state index contributed by atoms with van der Waals surface area (Å²) in [6, 6.07) is 8.35. The fraction of sp³-hybridized carbons (Fsp3) is 0.550. The van der Waals surface area contributed by atoms with Crippen molar-refractivity contribution in [2.24, 2.45) is 0 Å². The highest BCUT2D eigenvalue weighted by molar-refractivity contribution is 5.91. The van der Waals surface area contributed by atoms with Crippen LogP contribution in [0.25, 0.3) is 6.08 Å². The predicted molar refractivity (Wildman–Crippen MR) is 99.1 cm³/mol. The first kappa shape index (κ1) is 18.7. The Labute approximate surface area is 145 Å². The van der Waals surface area contributed by atoms with E-state index in [9.17, 15) is 4.79 Å². The number of carbonyl (C=O) groups is 1. The number of morpholine rings is 1. The number of nitrogens with one attached hydrogen (secondary N) is 1. The molecule has 132 valence electrons. The fourth-order valence-corrected chi connectivity index (χ4v) is 2.72. The molecule has 4 nitrogen and oxygen atoms in total. The van der Waals surface area contributed by atoms with Crippen LogP contribution in [0.15, 0.2) is 30.3 Å². The number of hydrogen-bond acceptors (Lipinski definition) is 3. The van der Waals surface area contributed by atoms with Gasteiger partial charge in [-0.1, -0.05) is 38.1 Å². The molecular weight excluding hydrogens is 300 g/mol. The number of carbonyl (C=O) groups excluding carboxylic acids is 1. The quantitative estimate of drug-likeness (QED) is 0.588. The van der Waals surface area contributed by atoms with Gasteiger partial charge in [0.25, 0.3) is 0 Å². The molecule has 1 aromatic carbocycles. The van der Waals surface area contributed by atoms with Gasteiger partial charge in [-0.15, -0.1) is 0 Å². The molecule has 1 aromatic rings. The summed E-state index contributed by atoms with van der Waals surface area (Å²) in [5.74, 6) is 0.512. The lowest BCUT2D eigenvalue weighted by Crippen LogP contribution is -2.37. The zero-order chi connectivity index (χ0) is 17.2. The molecular formula is C20H30N2O2. The van der Waals surface area contributed by atoms with Crippen LogP contribution in [0, 0.1) is 0 Å². The summed E-state index contributed by atoms with van der Waals surface area (Å²) in [4.78, 5) is 14.3. The van der Waals surface area contributed by atoms with E-state index in [0.29, 0.717) is 5.92 Å². The van der Waals surface area contributed by atoms with Gasteiger partial charge in [-0.2, -0.15) is 0 Å². The number of benzene rings is 1. The maximum absolute atomic E-state index is 11.8. The topological polar surface area (TPSA) is 41.6 Å². The molecule has 4 heteroatoms. The summed E-state index contributed by atoms with van der Waals surface area (Å²) in [5, 5.41) is 2.95. The van der Waals surface area contributed by atoms with Gasteiger partial charge in [0.2, 0.25) is 5.91 Å². The Bertz CT molecular complexity index is 517. The molecule has 0 radical (unpaired) electrons. The van der Waals surface area contributed by atoms with Crippen molar-refractivity contribution in [2.75, 3.05) is 39.4 Å². The number of ether oxygens (including phenoxy) is 1. The van der Waals surface area contributed by atoms with Crippen molar-refractivity contribution in [2.45, 2.75) is 32.6 Å². The normalized spacial score (nSPS) is 16.0. The molecule has 1 aliphatic heterocycles. The smallest absolute Gasteiger partial charge is 0.243 e. The van der Waals surface area contributed by atoms with Crippen LogP contribution in [0.3, 0.4) is 0 Å². The maximum atomic E-state index is 11.8. The first-order valence-electron chi connectivity index (χ1n) is 9.01. The van der Waals surface area contributed by atoms with Crippen molar-refractivity contribution in [3.05, 3.63) is 41.5 Å². The second kappa shape index (κ2) is 10.3. The van der Waals surface area contributed by atoms with Gasteiger partial charge in [0, 0.05) is 25.7 Å². The number of unbranched alkanes of at least 4 members (excludes halogenated alkanes) is 1. The molecule has 1 heterocycles. The SMILES string of the molecule is CC(C)c1ccc(/C=C/C(=O)NCCCCN2CCOCC2)cc1. The van der Waals surface area contributed by atoms with E-state index in [0.717, 1.165) is 57.8 Å². The Morgan fingerprint density at radius 2 is 1.92 bits per heavy atom. The lowest BCUT2D eigenvalue weighted by Gasteiger charge is -2.26. The van der Waals surface area contributed by atoms with E-state index in [4.69, 9.17) is 4.74 Å². The lowest BCUT2D eigenvalue weighted by molar-refractivity contribution is -0.116. The molecule has 1 N–H and O–H groups in total. The van der Waals surface area contributed by atoms with E-state index in [-0.39, 0.29) is 5.91 Å². The molecule has 2 rings (SSSR count). The number of hydrogen-bond donors (Lipinski definition) is 1. The summed E-state index contributed by atoms with van der Waals surface area (Å²) in [6.45, 7) is 9.94. The third-order valence-corrected chi connectivity index (χ3v) is 4.33. The molecule has 0 aliphatic carbocycles. The average molecular weight is 330 g/mol. The van der Waals surface area contributed by atoms with Crippen LogP contribution in [-0.2, 0) is 9.53 Å². The van der Waals surface area contributed by atoms with E-state index in [1.807, 2.05) is 6.08 Å². The summed E-state index contributed by atoms with van der Waals surface area (Å²) in [7, 11) is 0. The average Bonchev–Trinajstić information content (AvgIpc) is 2.61. The molecule has 1 fully saturated rings. The molecule has 1 amide bonds. The van der Waals surface area contributed by atoms with Gasteiger partial charge in [0.05, 0.1) is 13.2 Å².